The molecular formula is C19H24N2O3S. The Balaban J connectivity index is 1.80. The average molecular weight is 360 g/mol. The zero-order valence-corrected chi connectivity index (χ0v) is 15.9. The number of ether oxygens (including phenoxy) is 2. The van der Waals surface area contributed by atoms with Crippen LogP contribution in [0.25, 0.3) is 0 Å². The van der Waals surface area contributed by atoms with Gasteiger partial charge in [0.05, 0.1) is 7.11 Å². The number of benzene rings is 1. The predicted molar refractivity (Wildman–Crippen MR) is 99.3 cm³/mol. The van der Waals surface area contributed by atoms with Gasteiger partial charge in [0.2, 0.25) is 0 Å². The molecule has 0 aliphatic rings. The molecule has 0 fully saturated rings. The number of carbonyl (C=O) groups is 1. The van der Waals surface area contributed by atoms with E-state index in [1.54, 1.807) is 18.9 Å². The zero-order valence-electron chi connectivity index (χ0n) is 15.0. The Kier molecular flexibility index (Phi) is 6.70. The van der Waals surface area contributed by atoms with Gasteiger partial charge in [0.15, 0.2) is 0 Å². The summed E-state index contributed by atoms with van der Waals surface area (Å²) >= 11 is 1.59. The van der Waals surface area contributed by atoms with Crippen molar-refractivity contribution >= 4 is 17.9 Å². The van der Waals surface area contributed by atoms with Crippen LogP contribution in [0.15, 0.2) is 52.5 Å². The fourth-order valence-electron chi connectivity index (χ4n) is 2.01. The van der Waals surface area contributed by atoms with Crippen molar-refractivity contribution in [1.29, 1.82) is 0 Å². The summed E-state index contributed by atoms with van der Waals surface area (Å²) in [5.74, 6) is 0.838. The summed E-state index contributed by atoms with van der Waals surface area (Å²) < 4.78 is 10.4. The molecule has 1 heterocycles. The summed E-state index contributed by atoms with van der Waals surface area (Å²) in [4.78, 5) is 17.2. The van der Waals surface area contributed by atoms with Crippen molar-refractivity contribution in [3.63, 3.8) is 0 Å². The number of methoxy groups -OCH3 is 1. The lowest BCUT2D eigenvalue weighted by molar-refractivity contribution is 0.0528. The highest BCUT2D eigenvalue weighted by atomic mass is 32.2. The molecule has 0 unspecified atom stereocenters. The van der Waals surface area contributed by atoms with E-state index in [-0.39, 0.29) is 0 Å². The van der Waals surface area contributed by atoms with Gasteiger partial charge in [-0.25, -0.2) is 9.78 Å². The Morgan fingerprint density at radius 3 is 2.44 bits per heavy atom. The summed E-state index contributed by atoms with van der Waals surface area (Å²) in [5.41, 5.74) is 0.585. The first-order chi connectivity index (χ1) is 11.9. The fourth-order valence-corrected chi connectivity index (χ4v) is 2.76. The van der Waals surface area contributed by atoms with Crippen LogP contribution < -0.4 is 10.1 Å². The lowest BCUT2D eigenvalue weighted by Crippen LogP contribution is -2.33. The van der Waals surface area contributed by atoms with E-state index in [0.717, 1.165) is 21.2 Å². The summed E-state index contributed by atoms with van der Waals surface area (Å²) in [6.45, 7) is 6.04. The maximum Gasteiger partial charge on any atom is 0.407 e. The highest BCUT2D eigenvalue weighted by molar-refractivity contribution is 7.99. The van der Waals surface area contributed by atoms with Crippen LogP contribution in [-0.2, 0) is 11.2 Å². The molecule has 0 aliphatic carbocycles. The molecule has 0 saturated heterocycles. The molecule has 1 aromatic heterocycles. The Bertz CT molecular complexity index is 679. The fraction of sp³-hybridized carbons (Fsp3) is 0.368. The third kappa shape index (κ3) is 7.05. The minimum absolute atomic E-state index is 0.396. The van der Waals surface area contributed by atoms with Crippen molar-refractivity contribution in [2.24, 2.45) is 0 Å². The van der Waals surface area contributed by atoms with Gasteiger partial charge >= 0.3 is 6.09 Å². The van der Waals surface area contributed by atoms with E-state index < -0.39 is 11.7 Å². The topological polar surface area (TPSA) is 60.5 Å². The van der Waals surface area contributed by atoms with Crippen LogP contribution in [0.3, 0.4) is 0 Å². The van der Waals surface area contributed by atoms with Crippen molar-refractivity contribution in [1.82, 2.24) is 10.3 Å². The molecule has 25 heavy (non-hydrogen) atoms. The molecule has 1 N–H and O–H groups in total. The molecule has 0 spiro atoms. The molecule has 1 amide bonds. The molecule has 0 saturated carbocycles. The van der Waals surface area contributed by atoms with Crippen molar-refractivity contribution in [3.05, 3.63) is 48.2 Å². The first-order valence-corrected chi connectivity index (χ1v) is 8.91. The normalized spacial score (nSPS) is 11.0. The highest BCUT2D eigenvalue weighted by Crippen LogP contribution is 2.27. The van der Waals surface area contributed by atoms with E-state index in [0.29, 0.717) is 13.0 Å². The maximum atomic E-state index is 11.6. The largest absolute Gasteiger partial charge is 0.497 e. The Morgan fingerprint density at radius 2 is 1.88 bits per heavy atom. The third-order valence-corrected chi connectivity index (χ3v) is 4.12. The number of hydrogen-bond acceptors (Lipinski definition) is 5. The maximum absolute atomic E-state index is 11.6. The molecule has 0 aliphatic heterocycles. The summed E-state index contributed by atoms with van der Waals surface area (Å²) in [5, 5.41) is 3.67. The zero-order chi connectivity index (χ0) is 18.3. The predicted octanol–water partition coefficient (Wildman–Crippen LogP) is 4.31. The lowest BCUT2D eigenvalue weighted by atomic mass is 10.2. The molecule has 1 aromatic carbocycles. The number of aromatic nitrogens is 1. The average Bonchev–Trinajstić information content (AvgIpc) is 2.55. The number of pyridine rings is 1. The van der Waals surface area contributed by atoms with Gasteiger partial charge < -0.3 is 14.8 Å². The SMILES string of the molecule is COc1ccc(Sc2ccc(CCNC(=O)OC(C)(C)C)cn2)cc1. The first-order valence-electron chi connectivity index (χ1n) is 8.09. The van der Waals surface area contributed by atoms with Gasteiger partial charge in [-0.1, -0.05) is 17.8 Å². The summed E-state index contributed by atoms with van der Waals surface area (Å²) in [7, 11) is 1.65. The van der Waals surface area contributed by atoms with Crippen molar-refractivity contribution in [3.8, 4) is 5.75 Å². The minimum Gasteiger partial charge on any atom is -0.497 e. The second kappa shape index (κ2) is 8.76. The number of alkyl carbamates (subject to hydrolysis) is 1. The van der Waals surface area contributed by atoms with Crippen LogP contribution in [0.4, 0.5) is 4.79 Å². The van der Waals surface area contributed by atoms with Crippen LogP contribution in [0.1, 0.15) is 26.3 Å². The lowest BCUT2D eigenvalue weighted by Gasteiger charge is -2.19. The van der Waals surface area contributed by atoms with E-state index in [1.165, 1.54) is 0 Å². The quantitative estimate of drug-likeness (QED) is 0.832. The molecule has 0 bridgehead atoms. The van der Waals surface area contributed by atoms with E-state index in [1.807, 2.05) is 63.4 Å². The van der Waals surface area contributed by atoms with Crippen LogP contribution in [0, 0.1) is 0 Å². The smallest absolute Gasteiger partial charge is 0.407 e. The van der Waals surface area contributed by atoms with Crippen LogP contribution in [0.5, 0.6) is 5.75 Å². The van der Waals surface area contributed by atoms with Gasteiger partial charge in [-0.2, -0.15) is 0 Å². The standard InChI is InChI=1S/C19H24N2O3S/c1-19(2,3)24-18(22)20-12-11-14-5-10-17(21-13-14)25-16-8-6-15(23-4)7-9-16/h5-10,13H,11-12H2,1-4H3,(H,20,22). The number of hydrogen-bond donors (Lipinski definition) is 1. The summed E-state index contributed by atoms with van der Waals surface area (Å²) in [6, 6.07) is 11.9. The molecule has 0 atom stereocenters. The molecule has 5 nitrogen and oxygen atoms in total. The molecule has 0 radical (unpaired) electrons. The van der Waals surface area contributed by atoms with Gasteiger partial charge in [0.25, 0.3) is 0 Å². The second-order valence-corrected chi connectivity index (χ2v) is 7.55. The molecule has 2 aromatic rings. The molecule has 6 heteroatoms. The van der Waals surface area contributed by atoms with E-state index in [4.69, 9.17) is 9.47 Å². The van der Waals surface area contributed by atoms with Crippen molar-refractivity contribution in [2.45, 2.75) is 42.7 Å². The van der Waals surface area contributed by atoms with Crippen molar-refractivity contribution < 1.29 is 14.3 Å². The van der Waals surface area contributed by atoms with Gasteiger partial charge in [-0.05, 0) is 63.1 Å². The van der Waals surface area contributed by atoms with Crippen LogP contribution in [-0.4, -0.2) is 30.3 Å². The van der Waals surface area contributed by atoms with Gasteiger partial charge in [0, 0.05) is 17.6 Å². The van der Waals surface area contributed by atoms with E-state index in [9.17, 15) is 4.79 Å². The number of nitrogens with one attached hydrogen (secondary N) is 1. The van der Waals surface area contributed by atoms with Gasteiger partial charge in [-0.15, -0.1) is 0 Å². The Morgan fingerprint density at radius 1 is 1.16 bits per heavy atom. The first kappa shape index (κ1) is 19.1. The molecular weight excluding hydrogens is 336 g/mol. The Labute approximate surface area is 153 Å². The van der Waals surface area contributed by atoms with Crippen molar-refractivity contribution in [2.75, 3.05) is 13.7 Å². The monoisotopic (exact) mass is 360 g/mol. The van der Waals surface area contributed by atoms with E-state index >= 15 is 0 Å². The molecule has 2 rings (SSSR count). The van der Waals surface area contributed by atoms with Gasteiger partial charge in [0.1, 0.15) is 16.4 Å². The van der Waals surface area contributed by atoms with E-state index in [2.05, 4.69) is 10.3 Å². The number of carbonyl (C=O) groups excluding carboxylic acids is 1. The summed E-state index contributed by atoms with van der Waals surface area (Å²) in [6.07, 6.45) is 2.15. The molecule has 134 valence electrons. The number of amides is 1. The number of rotatable bonds is 6. The highest BCUT2D eigenvalue weighted by Gasteiger charge is 2.15. The Hall–Kier alpha value is -2.21. The van der Waals surface area contributed by atoms with Gasteiger partial charge in [-0.3, -0.25) is 0 Å². The van der Waals surface area contributed by atoms with Crippen LogP contribution >= 0.6 is 11.8 Å². The third-order valence-electron chi connectivity index (χ3n) is 3.16. The minimum atomic E-state index is -0.480. The second-order valence-electron chi connectivity index (χ2n) is 6.46. The number of nitrogens with zero attached hydrogens (tertiary/aromatic N) is 1. The van der Waals surface area contributed by atoms with Crippen LogP contribution in [0.2, 0.25) is 0 Å².